The first-order valence-electron chi connectivity index (χ1n) is 5.24. The van der Waals surface area contributed by atoms with Gasteiger partial charge in [-0.2, -0.15) is 0 Å². The number of aromatic nitrogens is 1. The van der Waals surface area contributed by atoms with Gasteiger partial charge in [-0.1, -0.05) is 0 Å². The third kappa shape index (κ3) is 3.26. The summed E-state index contributed by atoms with van der Waals surface area (Å²) in [7, 11) is 0. The van der Waals surface area contributed by atoms with Gasteiger partial charge in [0.25, 0.3) is 0 Å². The van der Waals surface area contributed by atoms with Gasteiger partial charge in [0.1, 0.15) is 5.82 Å². The molecule has 0 bridgehead atoms. The fourth-order valence-corrected chi connectivity index (χ4v) is 2.68. The lowest BCUT2D eigenvalue weighted by Gasteiger charge is -2.08. The summed E-state index contributed by atoms with van der Waals surface area (Å²) in [6, 6.07) is 4.63. The first-order chi connectivity index (χ1) is 8.16. The SMILES string of the molecule is Cc1ncsc1CCNc1cc(F)ccc1Br. The van der Waals surface area contributed by atoms with E-state index >= 15 is 0 Å². The summed E-state index contributed by atoms with van der Waals surface area (Å²) in [5.74, 6) is -0.232. The summed E-state index contributed by atoms with van der Waals surface area (Å²) in [6.07, 6.45) is 0.902. The molecule has 0 unspecified atom stereocenters. The van der Waals surface area contributed by atoms with Gasteiger partial charge in [0.2, 0.25) is 0 Å². The van der Waals surface area contributed by atoms with E-state index in [2.05, 4.69) is 26.2 Å². The number of halogens is 2. The minimum Gasteiger partial charge on any atom is -0.384 e. The number of rotatable bonds is 4. The monoisotopic (exact) mass is 314 g/mol. The van der Waals surface area contributed by atoms with Crippen molar-refractivity contribution in [2.24, 2.45) is 0 Å². The molecule has 2 rings (SSSR count). The molecular weight excluding hydrogens is 303 g/mol. The summed E-state index contributed by atoms with van der Waals surface area (Å²) in [5, 5.41) is 3.21. The largest absolute Gasteiger partial charge is 0.384 e. The van der Waals surface area contributed by atoms with E-state index in [0.29, 0.717) is 0 Å². The van der Waals surface area contributed by atoms with E-state index in [1.807, 2.05) is 12.4 Å². The Morgan fingerprint density at radius 2 is 2.29 bits per heavy atom. The second-order valence-corrected chi connectivity index (χ2v) is 5.46. The van der Waals surface area contributed by atoms with Crippen molar-refractivity contribution < 1.29 is 4.39 Å². The lowest BCUT2D eigenvalue weighted by molar-refractivity contribution is 0.628. The van der Waals surface area contributed by atoms with E-state index in [9.17, 15) is 4.39 Å². The Hall–Kier alpha value is -0.940. The van der Waals surface area contributed by atoms with Gasteiger partial charge in [0.05, 0.1) is 16.9 Å². The van der Waals surface area contributed by atoms with Crippen molar-refractivity contribution in [3.63, 3.8) is 0 Å². The third-order valence-corrected chi connectivity index (χ3v) is 4.13. The second-order valence-electron chi connectivity index (χ2n) is 3.66. The van der Waals surface area contributed by atoms with Crippen molar-refractivity contribution in [1.29, 1.82) is 0 Å². The highest BCUT2D eigenvalue weighted by Gasteiger charge is 2.03. The van der Waals surface area contributed by atoms with Gasteiger partial charge in [-0.05, 0) is 41.1 Å². The molecule has 0 fully saturated rings. The van der Waals surface area contributed by atoms with E-state index in [0.717, 1.165) is 28.8 Å². The highest BCUT2D eigenvalue weighted by Crippen LogP contribution is 2.23. The summed E-state index contributed by atoms with van der Waals surface area (Å²) >= 11 is 5.04. The Kier molecular flexibility index (Phi) is 4.12. The first kappa shape index (κ1) is 12.5. The van der Waals surface area contributed by atoms with Gasteiger partial charge >= 0.3 is 0 Å². The summed E-state index contributed by atoms with van der Waals surface area (Å²) < 4.78 is 13.9. The minimum absolute atomic E-state index is 0.232. The van der Waals surface area contributed by atoms with Crippen molar-refractivity contribution in [3.8, 4) is 0 Å². The second kappa shape index (κ2) is 5.60. The summed E-state index contributed by atoms with van der Waals surface area (Å²) in [4.78, 5) is 5.46. The van der Waals surface area contributed by atoms with Crippen LogP contribution in [-0.4, -0.2) is 11.5 Å². The number of aryl methyl sites for hydroxylation is 1. The molecule has 0 saturated heterocycles. The fourth-order valence-electron chi connectivity index (χ4n) is 1.51. The molecule has 0 spiro atoms. The number of hydrogen-bond donors (Lipinski definition) is 1. The quantitative estimate of drug-likeness (QED) is 0.922. The van der Waals surface area contributed by atoms with Crippen molar-refractivity contribution in [2.75, 3.05) is 11.9 Å². The van der Waals surface area contributed by atoms with E-state index in [1.54, 1.807) is 17.4 Å². The van der Waals surface area contributed by atoms with Crippen LogP contribution in [0.3, 0.4) is 0 Å². The average molecular weight is 315 g/mol. The van der Waals surface area contributed by atoms with Crippen LogP contribution in [0.2, 0.25) is 0 Å². The van der Waals surface area contributed by atoms with Crippen LogP contribution in [0, 0.1) is 12.7 Å². The highest BCUT2D eigenvalue weighted by atomic mass is 79.9. The molecule has 1 heterocycles. The number of thiazole rings is 1. The fraction of sp³-hybridized carbons (Fsp3) is 0.250. The molecule has 0 amide bonds. The topological polar surface area (TPSA) is 24.9 Å². The first-order valence-corrected chi connectivity index (χ1v) is 6.92. The van der Waals surface area contributed by atoms with Gasteiger partial charge in [0.15, 0.2) is 0 Å². The predicted octanol–water partition coefficient (Wildman–Crippen LogP) is 4.01. The maximum Gasteiger partial charge on any atom is 0.125 e. The number of hydrogen-bond acceptors (Lipinski definition) is 3. The van der Waals surface area contributed by atoms with Crippen molar-refractivity contribution >= 4 is 33.0 Å². The van der Waals surface area contributed by atoms with Crippen LogP contribution >= 0.6 is 27.3 Å². The maximum absolute atomic E-state index is 13.0. The Balaban J connectivity index is 1.94. The molecule has 0 radical (unpaired) electrons. The zero-order chi connectivity index (χ0) is 12.3. The maximum atomic E-state index is 13.0. The third-order valence-electron chi connectivity index (χ3n) is 2.44. The molecule has 5 heteroatoms. The van der Waals surface area contributed by atoms with Gasteiger partial charge in [-0.25, -0.2) is 9.37 Å². The Bertz CT molecular complexity index is 513. The molecule has 17 heavy (non-hydrogen) atoms. The van der Waals surface area contributed by atoms with Crippen LogP contribution in [0.4, 0.5) is 10.1 Å². The lowest BCUT2D eigenvalue weighted by atomic mass is 10.2. The van der Waals surface area contributed by atoms with E-state index < -0.39 is 0 Å². The Labute approximate surface area is 112 Å². The van der Waals surface area contributed by atoms with Crippen LogP contribution in [0.1, 0.15) is 10.6 Å². The van der Waals surface area contributed by atoms with Gasteiger partial charge in [-0.3, -0.25) is 0 Å². The van der Waals surface area contributed by atoms with Gasteiger partial charge in [0, 0.05) is 22.3 Å². The molecule has 0 saturated carbocycles. The summed E-state index contributed by atoms with van der Waals surface area (Å²) in [6.45, 7) is 2.77. The molecule has 90 valence electrons. The molecule has 1 aromatic heterocycles. The van der Waals surface area contributed by atoms with Crippen LogP contribution in [0.15, 0.2) is 28.2 Å². The highest BCUT2D eigenvalue weighted by molar-refractivity contribution is 9.10. The van der Waals surface area contributed by atoms with Crippen molar-refractivity contribution in [2.45, 2.75) is 13.3 Å². The van der Waals surface area contributed by atoms with Crippen molar-refractivity contribution in [1.82, 2.24) is 4.98 Å². The van der Waals surface area contributed by atoms with Gasteiger partial charge in [-0.15, -0.1) is 11.3 Å². The van der Waals surface area contributed by atoms with Crippen LogP contribution < -0.4 is 5.32 Å². The number of anilines is 1. The van der Waals surface area contributed by atoms with E-state index in [1.165, 1.54) is 17.0 Å². The number of nitrogens with one attached hydrogen (secondary N) is 1. The molecule has 0 aliphatic carbocycles. The normalized spacial score (nSPS) is 10.5. The standard InChI is InChI=1S/C12H12BrFN2S/c1-8-12(17-7-16-8)4-5-15-11-6-9(14)2-3-10(11)13/h2-3,6-7,15H,4-5H2,1H3. The lowest BCUT2D eigenvalue weighted by Crippen LogP contribution is -2.05. The average Bonchev–Trinajstić information content (AvgIpc) is 2.70. The van der Waals surface area contributed by atoms with E-state index in [4.69, 9.17) is 0 Å². The number of benzene rings is 1. The minimum atomic E-state index is -0.232. The van der Waals surface area contributed by atoms with Crippen LogP contribution in [0.5, 0.6) is 0 Å². The molecule has 2 nitrogen and oxygen atoms in total. The zero-order valence-corrected chi connectivity index (χ0v) is 11.7. The van der Waals surface area contributed by atoms with Crippen molar-refractivity contribution in [3.05, 3.63) is 44.6 Å². The Morgan fingerprint density at radius 3 is 3.00 bits per heavy atom. The Morgan fingerprint density at radius 1 is 1.47 bits per heavy atom. The molecule has 1 aromatic carbocycles. The molecule has 2 aromatic rings. The molecule has 0 aliphatic heterocycles. The van der Waals surface area contributed by atoms with Crippen LogP contribution in [-0.2, 0) is 6.42 Å². The smallest absolute Gasteiger partial charge is 0.125 e. The van der Waals surface area contributed by atoms with Gasteiger partial charge < -0.3 is 5.32 Å². The van der Waals surface area contributed by atoms with E-state index in [-0.39, 0.29) is 5.82 Å². The van der Waals surface area contributed by atoms with Crippen LogP contribution in [0.25, 0.3) is 0 Å². The molecular formula is C12H12BrFN2S. The summed E-state index contributed by atoms with van der Waals surface area (Å²) in [5.41, 5.74) is 3.71. The molecule has 0 atom stereocenters. The molecule has 1 N–H and O–H groups in total. The number of nitrogens with zero attached hydrogens (tertiary/aromatic N) is 1. The predicted molar refractivity (Wildman–Crippen MR) is 73.1 cm³/mol. The molecule has 0 aliphatic rings. The zero-order valence-electron chi connectivity index (χ0n) is 9.34.